The summed E-state index contributed by atoms with van der Waals surface area (Å²) in [6.45, 7) is 8.10. The zero-order valence-electron chi connectivity index (χ0n) is 10.1. The Kier molecular flexibility index (Phi) is 5.49. The maximum atomic E-state index is 11.8. The van der Waals surface area contributed by atoms with E-state index in [2.05, 4.69) is 5.32 Å². The first-order chi connectivity index (χ1) is 7.66. The molecule has 0 fully saturated rings. The van der Waals surface area contributed by atoms with E-state index in [-0.39, 0.29) is 5.91 Å². The summed E-state index contributed by atoms with van der Waals surface area (Å²) in [5.41, 5.74) is 1.89. The fraction of sp³-hybridized carbons (Fsp3) is 0.583. The van der Waals surface area contributed by atoms with Crippen LogP contribution in [0.2, 0.25) is 0 Å². The molecule has 0 saturated heterocycles. The first kappa shape index (κ1) is 13.2. The molecule has 0 aliphatic carbocycles. The third-order valence-electron chi connectivity index (χ3n) is 2.49. The van der Waals surface area contributed by atoms with Gasteiger partial charge < -0.3 is 10.1 Å². The van der Waals surface area contributed by atoms with Crippen LogP contribution in [0.5, 0.6) is 0 Å². The summed E-state index contributed by atoms with van der Waals surface area (Å²) in [7, 11) is 0. The van der Waals surface area contributed by atoms with Crippen LogP contribution in [0.1, 0.15) is 34.1 Å². The third-order valence-corrected chi connectivity index (χ3v) is 3.50. The van der Waals surface area contributed by atoms with E-state index in [9.17, 15) is 4.79 Å². The fourth-order valence-corrected chi connectivity index (χ4v) is 2.22. The summed E-state index contributed by atoms with van der Waals surface area (Å²) in [6.07, 6.45) is 0.863. The van der Waals surface area contributed by atoms with Crippen LogP contribution >= 0.6 is 11.3 Å². The van der Waals surface area contributed by atoms with Crippen molar-refractivity contribution in [1.29, 1.82) is 0 Å². The predicted octanol–water partition coefficient (Wildman–Crippen LogP) is 2.52. The Labute approximate surface area is 101 Å². The van der Waals surface area contributed by atoms with Crippen molar-refractivity contribution in [2.24, 2.45) is 0 Å². The number of thiophene rings is 1. The topological polar surface area (TPSA) is 38.3 Å². The lowest BCUT2D eigenvalue weighted by molar-refractivity contribution is 0.0944. The maximum absolute atomic E-state index is 11.8. The van der Waals surface area contributed by atoms with E-state index in [1.54, 1.807) is 11.3 Å². The van der Waals surface area contributed by atoms with E-state index in [0.717, 1.165) is 24.2 Å². The largest absolute Gasteiger partial charge is 0.382 e. The summed E-state index contributed by atoms with van der Waals surface area (Å²) in [4.78, 5) is 13.0. The Morgan fingerprint density at radius 2 is 2.25 bits per heavy atom. The second kappa shape index (κ2) is 6.66. The van der Waals surface area contributed by atoms with Crippen molar-refractivity contribution in [3.63, 3.8) is 0 Å². The van der Waals surface area contributed by atoms with E-state index in [1.807, 2.05) is 26.2 Å². The molecular formula is C12H19NO2S. The van der Waals surface area contributed by atoms with Crippen LogP contribution in [-0.4, -0.2) is 25.7 Å². The number of nitrogens with one attached hydrogen (secondary N) is 1. The zero-order valence-corrected chi connectivity index (χ0v) is 10.9. The number of carbonyl (C=O) groups is 1. The highest BCUT2D eigenvalue weighted by molar-refractivity contribution is 7.10. The van der Waals surface area contributed by atoms with Gasteiger partial charge in [0.05, 0.1) is 5.56 Å². The van der Waals surface area contributed by atoms with Gasteiger partial charge in [-0.05, 0) is 32.8 Å². The molecule has 0 spiro atoms. The van der Waals surface area contributed by atoms with Crippen molar-refractivity contribution in [3.05, 3.63) is 21.4 Å². The minimum Gasteiger partial charge on any atom is -0.382 e. The van der Waals surface area contributed by atoms with Crippen molar-refractivity contribution in [3.8, 4) is 0 Å². The van der Waals surface area contributed by atoms with Crippen molar-refractivity contribution in [1.82, 2.24) is 5.32 Å². The summed E-state index contributed by atoms with van der Waals surface area (Å²) < 4.78 is 5.20. The van der Waals surface area contributed by atoms with Crippen LogP contribution in [0, 0.1) is 13.8 Å². The first-order valence-electron chi connectivity index (χ1n) is 5.57. The Hall–Kier alpha value is -0.870. The molecule has 1 heterocycles. The molecule has 90 valence electrons. The maximum Gasteiger partial charge on any atom is 0.252 e. The average molecular weight is 241 g/mol. The second-order valence-corrected chi connectivity index (χ2v) is 4.72. The zero-order chi connectivity index (χ0) is 12.0. The predicted molar refractivity (Wildman–Crippen MR) is 67.2 cm³/mol. The van der Waals surface area contributed by atoms with Crippen LogP contribution in [0.25, 0.3) is 0 Å². The fourth-order valence-electron chi connectivity index (χ4n) is 1.35. The monoisotopic (exact) mass is 241 g/mol. The number of rotatable bonds is 6. The van der Waals surface area contributed by atoms with Gasteiger partial charge in [-0.1, -0.05) is 0 Å². The van der Waals surface area contributed by atoms with Gasteiger partial charge in [-0.3, -0.25) is 4.79 Å². The van der Waals surface area contributed by atoms with E-state index in [4.69, 9.17) is 4.74 Å². The molecule has 16 heavy (non-hydrogen) atoms. The van der Waals surface area contributed by atoms with Crippen LogP contribution in [0.4, 0.5) is 0 Å². The molecule has 0 aliphatic heterocycles. The molecule has 1 aromatic heterocycles. The van der Waals surface area contributed by atoms with Gasteiger partial charge in [0, 0.05) is 30.0 Å². The molecule has 1 rings (SSSR count). The molecule has 4 heteroatoms. The highest BCUT2D eigenvalue weighted by Gasteiger charge is 2.11. The minimum atomic E-state index is 0.0262. The van der Waals surface area contributed by atoms with Gasteiger partial charge in [0.25, 0.3) is 5.91 Å². The van der Waals surface area contributed by atoms with Crippen LogP contribution in [0.3, 0.4) is 0 Å². The highest BCUT2D eigenvalue weighted by atomic mass is 32.1. The Morgan fingerprint density at radius 3 is 2.81 bits per heavy atom. The SMILES string of the molecule is CCOCCCNC(=O)c1csc(C)c1C. The number of carbonyl (C=O) groups excluding carboxylic acids is 1. The van der Waals surface area contributed by atoms with E-state index < -0.39 is 0 Å². The second-order valence-electron chi connectivity index (χ2n) is 3.64. The molecule has 1 N–H and O–H groups in total. The van der Waals surface area contributed by atoms with Gasteiger partial charge in [-0.2, -0.15) is 0 Å². The van der Waals surface area contributed by atoms with E-state index in [1.165, 1.54) is 4.88 Å². The van der Waals surface area contributed by atoms with Crippen LogP contribution < -0.4 is 5.32 Å². The number of hydrogen-bond acceptors (Lipinski definition) is 3. The number of aryl methyl sites for hydroxylation is 1. The van der Waals surface area contributed by atoms with Gasteiger partial charge in [0.15, 0.2) is 0 Å². The molecule has 3 nitrogen and oxygen atoms in total. The standard InChI is InChI=1S/C12H19NO2S/c1-4-15-7-5-6-13-12(14)11-8-16-10(3)9(11)2/h8H,4-7H2,1-3H3,(H,13,14). The Bertz CT molecular complexity index is 347. The summed E-state index contributed by atoms with van der Waals surface area (Å²) in [5, 5.41) is 4.82. The van der Waals surface area contributed by atoms with Gasteiger partial charge in [0.1, 0.15) is 0 Å². The summed E-state index contributed by atoms with van der Waals surface area (Å²) >= 11 is 1.62. The summed E-state index contributed by atoms with van der Waals surface area (Å²) in [5.74, 6) is 0.0262. The van der Waals surface area contributed by atoms with Gasteiger partial charge in [-0.15, -0.1) is 11.3 Å². The van der Waals surface area contributed by atoms with Crippen molar-refractivity contribution in [2.75, 3.05) is 19.8 Å². The molecule has 0 radical (unpaired) electrons. The average Bonchev–Trinajstić information content (AvgIpc) is 2.59. The molecule has 0 bridgehead atoms. The number of amides is 1. The lowest BCUT2D eigenvalue weighted by atomic mass is 10.1. The molecule has 0 aromatic carbocycles. The Morgan fingerprint density at radius 1 is 1.50 bits per heavy atom. The lowest BCUT2D eigenvalue weighted by Crippen LogP contribution is -2.25. The first-order valence-corrected chi connectivity index (χ1v) is 6.45. The van der Waals surface area contributed by atoms with Gasteiger partial charge in [-0.25, -0.2) is 0 Å². The van der Waals surface area contributed by atoms with E-state index >= 15 is 0 Å². The molecular weight excluding hydrogens is 222 g/mol. The Balaban J connectivity index is 2.33. The smallest absolute Gasteiger partial charge is 0.252 e. The lowest BCUT2D eigenvalue weighted by Gasteiger charge is -2.05. The third kappa shape index (κ3) is 3.61. The van der Waals surface area contributed by atoms with Crippen LogP contribution in [-0.2, 0) is 4.74 Å². The summed E-state index contributed by atoms with van der Waals surface area (Å²) in [6, 6.07) is 0. The quantitative estimate of drug-likeness (QED) is 0.777. The molecule has 0 unspecified atom stereocenters. The number of hydrogen-bond donors (Lipinski definition) is 1. The normalized spacial score (nSPS) is 10.4. The molecule has 0 saturated carbocycles. The number of ether oxygens (including phenoxy) is 1. The van der Waals surface area contributed by atoms with Crippen LogP contribution in [0.15, 0.2) is 5.38 Å². The van der Waals surface area contributed by atoms with Crippen molar-refractivity contribution < 1.29 is 9.53 Å². The molecule has 0 atom stereocenters. The van der Waals surface area contributed by atoms with Gasteiger partial charge >= 0.3 is 0 Å². The minimum absolute atomic E-state index is 0.0262. The molecule has 1 amide bonds. The molecule has 0 aliphatic rings. The van der Waals surface area contributed by atoms with Gasteiger partial charge in [0.2, 0.25) is 0 Å². The van der Waals surface area contributed by atoms with Crippen molar-refractivity contribution in [2.45, 2.75) is 27.2 Å². The van der Waals surface area contributed by atoms with E-state index in [0.29, 0.717) is 13.2 Å². The molecule has 1 aromatic rings. The van der Waals surface area contributed by atoms with Crippen molar-refractivity contribution >= 4 is 17.2 Å². The highest BCUT2D eigenvalue weighted by Crippen LogP contribution is 2.20.